The lowest BCUT2D eigenvalue weighted by Crippen LogP contribution is -2.47. The van der Waals surface area contributed by atoms with Crippen LogP contribution in [0.1, 0.15) is 27.7 Å². The van der Waals surface area contributed by atoms with Crippen molar-refractivity contribution in [3.63, 3.8) is 0 Å². The topological polar surface area (TPSA) is 103 Å². The summed E-state index contributed by atoms with van der Waals surface area (Å²) in [4.78, 5) is 12.3. The summed E-state index contributed by atoms with van der Waals surface area (Å²) in [6.45, 7) is 6.70. The maximum absolute atomic E-state index is 12.8. The van der Waals surface area contributed by atoms with Crippen LogP contribution < -0.4 is 10.1 Å². The average molecular weight is 380 g/mol. The van der Waals surface area contributed by atoms with Crippen LogP contribution in [0.5, 0.6) is 5.75 Å². The number of hydrogen-bond donors (Lipinski definition) is 1. The second-order valence-corrected chi connectivity index (χ2v) is 9.18. The standard InChI is InChI=1S/C17H24N4O4S/c1-11(15(22)18-17(2,3)4)26(23,24)16-20-19-14(21(16)5)12-7-9-13(25-6)10-8-12/h7-11H,1-6H3,(H,18,22). The zero-order valence-electron chi connectivity index (χ0n) is 15.8. The summed E-state index contributed by atoms with van der Waals surface area (Å²) in [5.41, 5.74) is 0.156. The van der Waals surface area contributed by atoms with Crippen molar-refractivity contribution < 1.29 is 17.9 Å². The molecule has 1 heterocycles. The summed E-state index contributed by atoms with van der Waals surface area (Å²) in [6.07, 6.45) is 0. The minimum Gasteiger partial charge on any atom is -0.497 e. The monoisotopic (exact) mass is 380 g/mol. The molecule has 0 aliphatic rings. The maximum atomic E-state index is 12.8. The molecule has 142 valence electrons. The van der Waals surface area contributed by atoms with Crippen LogP contribution in [-0.4, -0.2) is 47.0 Å². The van der Waals surface area contributed by atoms with Crippen molar-refractivity contribution in [2.24, 2.45) is 7.05 Å². The maximum Gasteiger partial charge on any atom is 0.250 e. The highest BCUT2D eigenvalue weighted by Gasteiger charge is 2.35. The van der Waals surface area contributed by atoms with Crippen molar-refractivity contribution in [3.05, 3.63) is 24.3 Å². The Labute approximate surface area is 153 Å². The Hall–Kier alpha value is -2.42. The fraction of sp³-hybridized carbons (Fsp3) is 0.471. The number of benzene rings is 1. The number of carbonyl (C=O) groups excluding carboxylic acids is 1. The van der Waals surface area contributed by atoms with Gasteiger partial charge in [-0.2, -0.15) is 0 Å². The largest absolute Gasteiger partial charge is 0.497 e. The second-order valence-electron chi connectivity index (χ2n) is 7.02. The third-order valence-electron chi connectivity index (χ3n) is 3.77. The van der Waals surface area contributed by atoms with E-state index in [2.05, 4.69) is 15.5 Å². The number of nitrogens with zero attached hydrogens (tertiary/aromatic N) is 3. The van der Waals surface area contributed by atoms with Crippen LogP contribution >= 0.6 is 0 Å². The van der Waals surface area contributed by atoms with Crippen molar-refractivity contribution in [1.82, 2.24) is 20.1 Å². The Bertz CT molecular complexity index is 896. The summed E-state index contributed by atoms with van der Waals surface area (Å²) in [5, 5.41) is 8.95. The SMILES string of the molecule is COc1ccc(-c2nnc(S(=O)(=O)C(C)C(=O)NC(C)(C)C)n2C)cc1. The first-order chi connectivity index (χ1) is 12.0. The molecule has 0 radical (unpaired) electrons. The van der Waals surface area contributed by atoms with Crippen LogP contribution in [0.2, 0.25) is 0 Å². The van der Waals surface area contributed by atoms with E-state index < -0.39 is 26.5 Å². The van der Waals surface area contributed by atoms with Crippen molar-refractivity contribution in [1.29, 1.82) is 0 Å². The third-order valence-corrected chi connectivity index (χ3v) is 5.78. The zero-order valence-corrected chi connectivity index (χ0v) is 16.6. The van der Waals surface area contributed by atoms with Gasteiger partial charge in [0.25, 0.3) is 5.16 Å². The number of carbonyl (C=O) groups is 1. The molecule has 26 heavy (non-hydrogen) atoms. The minimum atomic E-state index is -3.99. The highest BCUT2D eigenvalue weighted by molar-refractivity contribution is 7.92. The van der Waals surface area contributed by atoms with Crippen LogP contribution in [-0.2, 0) is 21.7 Å². The van der Waals surface area contributed by atoms with Gasteiger partial charge in [-0.05, 0) is 52.0 Å². The highest BCUT2D eigenvalue weighted by Crippen LogP contribution is 2.23. The van der Waals surface area contributed by atoms with Gasteiger partial charge in [-0.3, -0.25) is 4.79 Å². The summed E-state index contributed by atoms with van der Waals surface area (Å²) >= 11 is 0. The molecule has 0 aliphatic heterocycles. The molecule has 0 aliphatic carbocycles. The number of methoxy groups -OCH3 is 1. The Balaban J connectivity index is 2.36. The molecule has 1 amide bonds. The molecule has 0 saturated heterocycles. The first kappa shape index (κ1) is 19.9. The van der Waals surface area contributed by atoms with Gasteiger partial charge < -0.3 is 14.6 Å². The van der Waals surface area contributed by atoms with Gasteiger partial charge in [-0.1, -0.05) is 0 Å². The van der Waals surface area contributed by atoms with Crippen molar-refractivity contribution in [3.8, 4) is 17.1 Å². The van der Waals surface area contributed by atoms with Gasteiger partial charge in [0.15, 0.2) is 5.82 Å². The molecule has 0 bridgehead atoms. The number of aromatic nitrogens is 3. The molecule has 1 N–H and O–H groups in total. The molecule has 2 aromatic rings. The van der Waals surface area contributed by atoms with E-state index in [9.17, 15) is 13.2 Å². The van der Waals surface area contributed by atoms with Gasteiger partial charge in [-0.25, -0.2) is 8.42 Å². The predicted molar refractivity (Wildman–Crippen MR) is 97.5 cm³/mol. The van der Waals surface area contributed by atoms with E-state index in [0.717, 1.165) is 0 Å². The summed E-state index contributed by atoms with van der Waals surface area (Å²) in [5.74, 6) is 0.484. The quantitative estimate of drug-likeness (QED) is 0.844. The van der Waals surface area contributed by atoms with Crippen LogP contribution in [0.4, 0.5) is 0 Å². The average Bonchev–Trinajstić information content (AvgIpc) is 2.95. The molecule has 0 spiro atoms. The summed E-state index contributed by atoms with van der Waals surface area (Å²) in [6, 6.07) is 7.01. The van der Waals surface area contributed by atoms with E-state index in [-0.39, 0.29) is 5.16 Å². The predicted octanol–water partition coefficient (Wildman–Crippen LogP) is 1.57. The summed E-state index contributed by atoms with van der Waals surface area (Å²) in [7, 11) is -0.871. The number of sulfone groups is 1. The van der Waals surface area contributed by atoms with Crippen LogP contribution in [0, 0.1) is 0 Å². The van der Waals surface area contributed by atoms with E-state index >= 15 is 0 Å². The van der Waals surface area contributed by atoms with Crippen LogP contribution in [0.15, 0.2) is 29.4 Å². The van der Waals surface area contributed by atoms with E-state index in [1.54, 1.807) is 59.2 Å². The number of hydrogen-bond acceptors (Lipinski definition) is 6. The smallest absolute Gasteiger partial charge is 0.250 e. The Morgan fingerprint density at radius 2 is 1.77 bits per heavy atom. The lowest BCUT2D eigenvalue weighted by Gasteiger charge is -2.23. The molecule has 1 atom stereocenters. The fourth-order valence-corrected chi connectivity index (χ4v) is 3.60. The zero-order chi connectivity index (χ0) is 19.7. The molecular weight excluding hydrogens is 356 g/mol. The van der Waals surface area contributed by atoms with Crippen LogP contribution in [0.3, 0.4) is 0 Å². The van der Waals surface area contributed by atoms with Crippen molar-refractivity contribution >= 4 is 15.7 Å². The van der Waals surface area contributed by atoms with Gasteiger partial charge in [0, 0.05) is 18.2 Å². The van der Waals surface area contributed by atoms with Crippen molar-refractivity contribution in [2.75, 3.05) is 7.11 Å². The molecule has 1 aromatic heterocycles. The first-order valence-corrected chi connectivity index (χ1v) is 9.62. The lowest BCUT2D eigenvalue weighted by molar-refractivity contribution is -0.121. The van der Waals surface area contributed by atoms with E-state index in [0.29, 0.717) is 17.1 Å². The molecule has 1 unspecified atom stereocenters. The molecule has 9 heteroatoms. The Morgan fingerprint density at radius 1 is 1.19 bits per heavy atom. The second kappa shape index (κ2) is 7.06. The number of amides is 1. The lowest BCUT2D eigenvalue weighted by atomic mass is 10.1. The van der Waals surface area contributed by atoms with Gasteiger partial charge in [0.1, 0.15) is 11.0 Å². The van der Waals surface area contributed by atoms with Crippen molar-refractivity contribution in [2.45, 2.75) is 43.6 Å². The van der Waals surface area contributed by atoms with E-state index in [4.69, 9.17) is 4.74 Å². The Morgan fingerprint density at radius 3 is 2.27 bits per heavy atom. The molecule has 0 saturated carbocycles. The van der Waals surface area contributed by atoms with E-state index in [1.807, 2.05) is 0 Å². The normalized spacial score (nSPS) is 13.3. The molecule has 0 fully saturated rings. The highest BCUT2D eigenvalue weighted by atomic mass is 32.2. The molecular formula is C17H24N4O4S. The number of ether oxygens (including phenoxy) is 1. The van der Waals surface area contributed by atoms with Crippen LogP contribution in [0.25, 0.3) is 11.4 Å². The van der Waals surface area contributed by atoms with Gasteiger partial charge in [0.05, 0.1) is 7.11 Å². The Kier molecular flexibility index (Phi) is 5.41. The van der Waals surface area contributed by atoms with E-state index in [1.165, 1.54) is 11.5 Å². The summed E-state index contributed by atoms with van der Waals surface area (Å²) < 4.78 is 32.1. The third kappa shape index (κ3) is 4.04. The first-order valence-electron chi connectivity index (χ1n) is 8.07. The number of rotatable bonds is 5. The molecule has 8 nitrogen and oxygen atoms in total. The van der Waals surface area contributed by atoms with Gasteiger partial charge in [0.2, 0.25) is 15.7 Å². The fourth-order valence-electron chi connectivity index (χ4n) is 2.32. The minimum absolute atomic E-state index is 0.250. The van der Waals surface area contributed by atoms with Gasteiger partial charge in [-0.15, -0.1) is 10.2 Å². The molecule has 1 aromatic carbocycles. The number of nitrogens with one attached hydrogen (secondary N) is 1. The molecule has 2 rings (SSSR count). The van der Waals surface area contributed by atoms with Gasteiger partial charge >= 0.3 is 0 Å².